The molecule has 0 saturated heterocycles. The number of rotatable bonds is 2. The maximum absolute atomic E-state index is 5.98. The second kappa shape index (κ2) is 5.87. The molecule has 0 unspecified atom stereocenters. The number of allylic oxidation sites excluding steroid dienone is 1. The van der Waals surface area contributed by atoms with Gasteiger partial charge in [0.1, 0.15) is 0 Å². The van der Waals surface area contributed by atoms with E-state index in [4.69, 9.17) is 11.6 Å². The van der Waals surface area contributed by atoms with Crippen LogP contribution < -0.4 is 0 Å². The van der Waals surface area contributed by atoms with Crippen LogP contribution in [0.1, 0.15) is 34.6 Å². The fourth-order valence-electron chi connectivity index (χ4n) is 3.15. The van der Waals surface area contributed by atoms with Crippen molar-refractivity contribution >= 4 is 23.3 Å². The molecule has 5 heteroatoms. The molecule has 0 saturated carbocycles. The summed E-state index contributed by atoms with van der Waals surface area (Å²) in [5.74, 6) is 0.637. The van der Waals surface area contributed by atoms with Gasteiger partial charge in [-0.05, 0) is 67.7 Å². The highest BCUT2D eigenvalue weighted by Gasteiger charge is 2.23. The predicted molar refractivity (Wildman–Crippen MR) is 96.3 cm³/mol. The minimum absolute atomic E-state index is 0.637. The van der Waals surface area contributed by atoms with E-state index in [1.165, 1.54) is 11.1 Å². The zero-order valence-electron chi connectivity index (χ0n) is 13.6. The summed E-state index contributed by atoms with van der Waals surface area (Å²) in [5.41, 5.74) is 6.66. The van der Waals surface area contributed by atoms with E-state index in [2.05, 4.69) is 21.1 Å². The average Bonchev–Trinajstić information content (AvgIpc) is 3.11. The molecule has 1 aliphatic carbocycles. The minimum atomic E-state index is 0.637. The Balaban J connectivity index is 1.80. The van der Waals surface area contributed by atoms with Crippen LogP contribution in [0, 0.1) is 13.8 Å². The molecule has 0 fully saturated rings. The molecule has 0 spiro atoms. The second-order valence-electron chi connectivity index (χ2n) is 6.10. The molecule has 1 aliphatic rings. The molecule has 0 N–H and O–H groups in total. The normalized spacial score (nSPS) is 15.0. The van der Waals surface area contributed by atoms with E-state index in [9.17, 15) is 0 Å². The van der Waals surface area contributed by atoms with Gasteiger partial charge in [0.25, 0.3) is 5.95 Å². The van der Waals surface area contributed by atoms with E-state index in [1.54, 1.807) is 0 Å². The Hall–Kier alpha value is -2.46. The molecule has 24 heavy (non-hydrogen) atoms. The first kappa shape index (κ1) is 15.1. The lowest BCUT2D eigenvalue weighted by molar-refractivity contribution is 0.784. The summed E-state index contributed by atoms with van der Waals surface area (Å²) in [4.78, 5) is 9.10. The zero-order valence-corrected chi connectivity index (χ0v) is 14.4. The third-order valence-electron chi connectivity index (χ3n) is 4.18. The van der Waals surface area contributed by atoms with Gasteiger partial charge in [0.05, 0.1) is 11.9 Å². The number of nitrogens with zero attached hydrogens (tertiary/aromatic N) is 4. The van der Waals surface area contributed by atoms with Crippen LogP contribution >= 0.6 is 11.6 Å². The second-order valence-corrected chi connectivity index (χ2v) is 6.54. The number of halogens is 1. The molecule has 2 aromatic heterocycles. The first-order valence-electron chi connectivity index (χ1n) is 7.96. The van der Waals surface area contributed by atoms with E-state index in [0.29, 0.717) is 5.95 Å². The van der Waals surface area contributed by atoms with Crippen molar-refractivity contribution in [2.45, 2.75) is 26.7 Å². The summed E-state index contributed by atoms with van der Waals surface area (Å²) in [5, 5.41) is 5.27. The van der Waals surface area contributed by atoms with E-state index in [0.717, 1.165) is 40.5 Å². The largest absolute Gasteiger partial charge is 0.251 e. The Labute approximate surface area is 145 Å². The van der Waals surface area contributed by atoms with Gasteiger partial charge < -0.3 is 0 Å². The number of hydrogen-bond acceptors (Lipinski definition) is 3. The summed E-state index contributed by atoms with van der Waals surface area (Å²) in [7, 11) is 0. The third kappa shape index (κ3) is 2.74. The highest BCUT2D eigenvalue weighted by Crippen LogP contribution is 2.34. The van der Waals surface area contributed by atoms with Crippen molar-refractivity contribution in [3.05, 3.63) is 69.8 Å². The maximum Gasteiger partial charge on any atom is 0.251 e. The van der Waals surface area contributed by atoms with Gasteiger partial charge in [0.2, 0.25) is 0 Å². The Morgan fingerprint density at radius 3 is 2.46 bits per heavy atom. The van der Waals surface area contributed by atoms with Crippen molar-refractivity contribution < 1.29 is 0 Å². The van der Waals surface area contributed by atoms with E-state index in [1.807, 2.05) is 55.1 Å². The molecule has 4 nitrogen and oxygen atoms in total. The highest BCUT2D eigenvalue weighted by atomic mass is 35.5. The zero-order chi connectivity index (χ0) is 16.7. The quantitative estimate of drug-likeness (QED) is 0.695. The molecule has 0 bridgehead atoms. The summed E-state index contributed by atoms with van der Waals surface area (Å²) in [6, 6.07) is 9.85. The van der Waals surface area contributed by atoms with Crippen LogP contribution in [-0.2, 0) is 6.42 Å². The number of fused-ring (bicyclic) bond motifs is 1. The molecule has 4 rings (SSSR count). The van der Waals surface area contributed by atoms with Gasteiger partial charge in [-0.2, -0.15) is 9.78 Å². The van der Waals surface area contributed by atoms with Crippen molar-refractivity contribution in [2.75, 3.05) is 0 Å². The first-order valence-corrected chi connectivity index (χ1v) is 8.34. The first-order chi connectivity index (χ1) is 11.6. The van der Waals surface area contributed by atoms with Crippen molar-refractivity contribution in [1.29, 1.82) is 0 Å². The van der Waals surface area contributed by atoms with Crippen molar-refractivity contribution in [1.82, 2.24) is 19.7 Å². The lowest BCUT2D eigenvalue weighted by Gasteiger charge is -2.08. The Morgan fingerprint density at radius 1 is 1.04 bits per heavy atom. The van der Waals surface area contributed by atoms with Crippen LogP contribution in [0.2, 0.25) is 5.02 Å². The van der Waals surface area contributed by atoms with Gasteiger partial charge >= 0.3 is 0 Å². The Bertz CT molecular complexity index is 918. The fraction of sp³-hybridized carbons (Fsp3) is 0.211. The van der Waals surface area contributed by atoms with Crippen LogP contribution in [0.5, 0.6) is 0 Å². The molecule has 1 aromatic carbocycles. The summed E-state index contributed by atoms with van der Waals surface area (Å²) in [6.07, 6.45) is 6.13. The molecule has 2 heterocycles. The monoisotopic (exact) mass is 336 g/mol. The molecule has 3 aromatic rings. The maximum atomic E-state index is 5.98. The molecule has 0 amide bonds. The van der Waals surface area contributed by atoms with Gasteiger partial charge in [0, 0.05) is 16.4 Å². The fourth-order valence-corrected chi connectivity index (χ4v) is 3.28. The van der Waals surface area contributed by atoms with Crippen molar-refractivity contribution in [2.24, 2.45) is 0 Å². The summed E-state index contributed by atoms with van der Waals surface area (Å²) < 4.78 is 1.87. The number of hydrogen-bond donors (Lipinski definition) is 0. The molecular weight excluding hydrogens is 320 g/mol. The van der Waals surface area contributed by atoms with Crippen LogP contribution in [0.4, 0.5) is 0 Å². The Morgan fingerprint density at radius 2 is 1.75 bits per heavy atom. The Kier molecular flexibility index (Phi) is 3.69. The van der Waals surface area contributed by atoms with Gasteiger partial charge in [-0.1, -0.05) is 23.7 Å². The SMILES string of the molecule is Cc1cc(C)nc(-n2ncc3c2C(=Cc2ccc(Cl)cc2)CC3)n1. The predicted octanol–water partition coefficient (Wildman–Crippen LogP) is 4.42. The number of benzene rings is 1. The lowest BCUT2D eigenvalue weighted by Crippen LogP contribution is -2.07. The van der Waals surface area contributed by atoms with Crippen molar-refractivity contribution in [3.8, 4) is 5.95 Å². The van der Waals surface area contributed by atoms with Gasteiger partial charge in [-0.25, -0.2) is 9.97 Å². The standard InChI is InChI=1S/C19H17ClN4/c1-12-9-13(2)23-19(22-12)24-18-15(5-6-16(18)11-21-24)10-14-3-7-17(20)8-4-14/h3-4,7-11H,5-6H2,1-2H3. The molecule has 0 atom stereocenters. The van der Waals surface area contributed by atoms with Gasteiger partial charge in [-0.3, -0.25) is 0 Å². The minimum Gasteiger partial charge on any atom is -0.216 e. The molecule has 0 radical (unpaired) electrons. The summed E-state index contributed by atoms with van der Waals surface area (Å²) in [6.45, 7) is 3.96. The smallest absolute Gasteiger partial charge is 0.216 e. The lowest BCUT2D eigenvalue weighted by atomic mass is 10.1. The number of aromatic nitrogens is 4. The molecule has 120 valence electrons. The van der Waals surface area contributed by atoms with Crippen molar-refractivity contribution in [3.63, 3.8) is 0 Å². The highest BCUT2D eigenvalue weighted by molar-refractivity contribution is 6.30. The topological polar surface area (TPSA) is 43.6 Å². The van der Waals surface area contributed by atoms with E-state index >= 15 is 0 Å². The average molecular weight is 337 g/mol. The molecular formula is C19H17ClN4. The van der Waals surface area contributed by atoms with Crippen LogP contribution in [-0.4, -0.2) is 19.7 Å². The van der Waals surface area contributed by atoms with E-state index < -0.39 is 0 Å². The van der Waals surface area contributed by atoms with Crippen LogP contribution in [0.15, 0.2) is 36.5 Å². The summed E-state index contributed by atoms with van der Waals surface area (Å²) >= 11 is 5.98. The van der Waals surface area contributed by atoms with E-state index in [-0.39, 0.29) is 0 Å². The van der Waals surface area contributed by atoms with Gasteiger partial charge in [0.15, 0.2) is 0 Å². The van der Waals surface area contributed by atoms with Crippen LogP contribution in [0.25, 0.3) is 17.6 Å². The molecule has 0 aliphatic heterocycles. The van der Waals surface area contributed by atoms with Gasteiger partial charge in [-0.15, -0.1) is 0 Å². The third-order valence-corrected chi connectivity index (χ3v) is 4.44. The van der Waals surface area contributed by atoms with Crippen LogP contribution in [0.3, 0.4) is 0 Å². The number of aryl methyl sites for hydroxylation is 3.